The van der Waals surface area contributed by atoms with Gasteiger partial charge in [0.05, 0.1) is 5.56 Å². The van der Waals surface area contributed by atoms with Gasteiger partial charge in [-0.25, -0.2) is 4.98 Å². The van der Waals surface area contributed by atoms with E-state index in [4.69, 9.17) is 0 Å². The zero-order chi connectivity index (χ0) is 20.8. The molecule has 1 amide bonds. The number of aromatic nitrogens is 1. The van der Waals surface area contributed by atoms with Crippen LogP contribution in [-0.4, -0.2) is 86.6 Å². The van der Waals surface area contributed by atoms with Crippen LogP contribution in [0, 0.1) is 0 Å². The van der Waals surface area contributed by atoms with E-state index in [2.05, 4.69) is 61.6 Å². The molecule has 0 radical (unpaired) electrons. The normalized spacial score (nSPS) is 20.8. The van der Waals surface area contributed by atoms with Crippen LogP contribution in [0.15, 0.2) is 48.7 Å². The van der Waals surface area contributed by atoms with Crippen molar-refractivity contribution in [2.24, 2.45) is 0 Å². The number of amides is 1. The molecule has 160 valence electrons. The van der Waals surface area contributed by atoms with E-state index in [1.807, 2.05) is 18.2 Å². The molecule has 1 aromatic heterocycles. The maximum atomic E-state index is 12.9. The molecule has 2 saturated heterocycles. The lowest BCUT2D eigenvalue weighted by Gasteiger charge is -2.35. The quantitative estimate of drug-likeness (QED) is 0.749. The van der Waals surface area contributed by atoms with Crippen LogP contribution >= 0.6 is 0 Å². The number of carbonyl (C=O) groups excluding carboxylic acids is 1. The van der Waals surface area contributed by atoms with Gasteiger partial charge in [0.1, 0.15) is 5.82 Å². The van der Waals surface area contributed by atoms with Gasteiger partial charge in [-0.1, -0.05) is 30.3 Å². The van der Waals surface area contributed by atoms with Crippen LogP contribution in [0.3, 0.4) is 0 Å². The summed E-state index contributed by atoms with van der Waals surface area (Å²) < 4.78 is 0. The van der Waals surface area contributed by atoms with Gasteiger partial charge in [-0.3, -0.25) is 9.69 Å². The zero-order valence-electron chi connectivity index (χ0n) is 17.8. The first-order valence-corrected chi connectivity index (χ1v) is 10.9. The molecule has 4 rings (SSSR count). The van der Waals surface area contributed by atoms with Crippen molar-refractivity contribution in [2.45, 2.75) is 6.04 Å². The van der Waals surface area contributed by atoms with Gasteiger partial charge >= 0.3 is 0 Å². The first kappa shape index (κ1) is 20.8. The Morgan fingerprint density at radius 2 is 1.90 bits per heavy atom. The summed E-state index contributed by atoms with van der Waals surface area (Å²) in [6, 6.07) is 14.4. The molecule has 2 N–H and O–H groups in total. The highest BCUT2D eigenvalue weighted by atomic mass is 16.1. The average molecular weight is 409 g/mol. The van der Waals surface area contributed by atoms with Gasteiger partial charge in [0, 0.05) is 71.1 Å². The minimum atomic E-state index is -0.0398. The molecular weight excluding hydrogens is 376 g/mol. The number of carbonyl (C=O) groups is 1. The molecule has 7 nitrogen and oxygen atoms in total. The molecule has 0 saturated carbocycles. The summed E-state index contributed by atoms with van der Waals surface area (Å²) >= 11 is 0. The fourth-order valence-electron chi connectivity index (χ4n) is 4.17. The number of anilines is 1. The number of hydrogen-bond acceptors (Lipinski definition) is 6. The summed E-state index contributed by atoms with van der Waals surface area (Å²) in [7, 11) is 2.15. The predicted molar refractivity (Wildman–Crippen MR) is 120 cm³/mol. The number of pyridine rings is 1. The molecule has 7 heteroatoms. The van der Waals surface area contributed by atoms with Crippen molar-refractivity contribution >= 4 is 11.7 Å². The van der Waals surface area contributed by atoms with E-state index in [0.29, 0.717) is 12.1 Å². The first-order chi connectivity index (χ1) is 14.7. The first-order valence-electron chi connectivity index (χ1n) is 10.9. The second kappa shape index (κ2) is 10.0. The Bertz CT molecular complexity index is 821. The van der Waals surface area contributed by atoms with Gasteiger partial charge in [0.2, 0.25) is 0 Å². The van der Waals surface area contributed by atoms with E-state index < -0.39 is 0 Å². The molecule has 30 heavy (non-hydrogen) atoms. The van der Waals surface area contributed by atoms with Crippen LogP contribution in [0.4, 0.5) is 5.82 Å². The summed E-state index contributed by atoms with van der Waals surface area (Å²) in [6.07, 6.45) is 1.77. The fraction of sp³-hybridized carbons (Fsp3) is 0.478. The van der Waals surface area contributed by atoms with Crippen LogP contribution in [0.25, 0.3) is 0 Å². The molecule has 2 aliphatic rings. The van der Waals surface area contributed by atoms with Crippen molar-refractivity contribution in [1.82, 2.24) is 25.4 Å². The van der Waals surface area contributed by atoms with E-state index in [-0.39, 0.29) is 11.9 Å². The van der Waals surface area contributed by atoms with Gasteiger partial charge < -0.3 is 20.4 Å². The Balaban J connectivity index is 1.37. The van der Waals surface area contributed by atoms with Crippen molar-refractivity contribution in [3.8, 4) is 0 Å². The standard InChI is InChI=1S/C23H32N6O/c1-27-14-16-28(17-15-27)12-10-26-23(30)20-8-5-9-25-22(20)29-13-11-24-21(18-29)19-6-3-2-4-7-19/h2-9,21,24H,10-18H2,1H3,(H,26,30)/t21-/m0/s1. The summed E-state index contributed by atoms with van der Waals surface area (Å²) in [5.41, 5.74) is 1.92. The minimum absolute atomic E-state index is 0.0398. The second-order valence-electron chi connectivity index (χ2n) is 8.14. The second-order valence-corrected chi connectivity index (χ2v) is 8.14. The van der Waals surface area contributed by atoms with Gasteiger partial charge in [-0.15, -0.1) is 0 Å². The van der Waals surface area contributed by atoms with E-state index in [1.54, 1.807) is 6.20 Å². The fourth-order valence-corrected chi connectivity index (χ4v) is 4.17. The lowest BCUT2D eigenvalue weighted by molar-refractivity contribution is 0.0941. The van der Waals surface area contributed by atoms with Crippen molar-refractivity contribution in [3.05, 3.63) is 59.8 Å². The van der Waals surface area contributed by atoms with Crippen LogP contribution in [-0.2, 0) is 0 Å². The topological polar surface area (TPSA) is 63.7 Å². The molecule has 0 bridgehead atoms. The lowest BCUT2D eigenvalue weighted by Crippen LogP contribution is -2.47. The minimum Gasteiger partial charge on any atom is -0.353 e. The molecule has 0 aliphatic carbocycles. The number of nitrogens with zero attached hydrogens (tertiary/aromatic N) is 4. The molecule has 1 aromatic carbocycles. The van der Waals surface area contributed by atoms with Gasteiger partial charge in [0.25, 0.3) is 5.91 Å². The van der Waals surface area contributed by atoms with E-state index in [9.17, 15) is 4.79 Å². The number of piperazine rings is 2. The Morgan fingerprint density at radius 1 is 1.10 bits per heavy atom. The summed E-state index contributed by atoms with van der Waals surface area (Å²) in [5, 5.41) is 6.68. The third-order valence-corrected chi connectivity index (χ3v) is 6.02. The van der Waals surface area contributed by atoms with Crippen molar-refractivity contribution in [1.29, 1.82) is 0 Å². The molecule has 0 unspecified atom stereocenters. The largest absolute Gasteiger partial charge is 0.353 e. The number of nitrogens with one attached hydrogen (secondary N) is 2. The summed E-state index contributed by atoms with van der Waals surface area (Å²) in [6.45, 7) is 8.34. The van der Waals surface area contributed by atoms with Crippen LogP contribution < -0.4 is 15.5 Å². The number of hydrogen-bond donors (Lipinski definition) is 2. The summed E-state index contributed by atoms with van der Waals surface area (Å²) in [4.78, 5) is 24.5. The highest BCUT2D eigenvalue weighted by molar-refractivity contribution is 5.98. The molecule has 2 aromatic rings. The Kier molecular flexibility index (Phi) is 6.94. The third-order valence-electron chi connectivity index (χ3n) is 6.02. The SMILES string of the molecule is CN1CCN(CCNC(=O)c2cccnc2N2CCN[C@H](c3ccccc3)C2)CC1. The number of likely N-dealkylation sites (N-methyl/N-ethyl adjacent to an activating group) is 1. The molecule has 2 aliphatic heterocycles. The van der Waals surface area contributed by atoms with Crippen molar-refractivity contribution in [2.75, 3.05) is 70.9 Å². The predicted octanol–water partition coefficient (Wildman–Crippen LogP) is 1.21. The third kappa shape index (κ3) is 5.16. The summed E-state index contributed by atoms with van der Waals surface area (Å²) in [5.74, 6) is 0.735. The monoisotopic (exact) mass is 408 g/mol. The maximum absolute atomic E-state index is 12.9. The maximum Gasteiger partial charge on any atom is 0.255 e. The van der Waals surface area contributed by atoms with Crippen molar-refractivity contribution in [3.63, 3.8) is 0 Å². The Hall–Kier alpha value is -2.48. The van der Waals surface area contributed by atoms with Gasteiger partial charge in [-0.05, 0) is 24.7 Å². The highest BCUT2D eigenvalue weighted by Crippen LogP contribution is 2.23. The Labute approximate surface area is 179 Å². The lowest BCUT2D eigenvalue weighted by atomic mass is 10.0. The van der Waals surface area contributed by atoms with Crippen LogP contribution in [0.1, 0.15) is 22.0 Å². The molecule has 0 spiro atoms. The van der Waals surface area contributed by atoms with Crippen LogP contribution in [0.2, 0.25) is 0 Å². The zero-order valence-corrected chi connectivity index (χ0v) is 17.8. The molecule has 3 heterocycles. The van der Waals surface area contributed by atoms with Crippen molar-refractivity contribution < 1.29 is 4.79 Å². The van der Waals surface area contributed by atoms with E-state index >= 15 is 0 Å². The van der Waals surface area contributed by atoms with Gasteiger partial charge in [-0.2, -0.15) is 0 Å². The molecule has 2 fully saturated rings. The van der Waals surface area contributed by atoms with Crippen LogP contribution in [0.5, 0.6) is 0 Å². The average Bonchev–Trinajstić information content (AvgIpc) is 2.81. The number of rotatable bonds is 6. The Morgan fingerprint density at radius 3 is 2.70 bits per heavy atom. The molecule has 1 atom stereocenters. The number of benzene rings is 1. The highest BCUT2D eigenvalue weighted by Gasteiger charge is 2.25. The van der Waals surface area contributed by atoms with Gasteiger partial charge in [0.15, 0.2) is 0 Å². The van der Waals surface area contributed by atoms with E-state index in [0.717, 1.165) is 58.2 Å². The smallest absolute Gasteiger partial charge is 0.255 e. The molecular formula is C23H32N6O. The van der Waals surface area contributed by atoms with E-state index in [1.165, 1.54) is 5.56 Å².